The maximum atomic E-state index is 13.2. The number of carbonyl (C=O) groups excluding carboxylic acids is 1. The Balaban J connectivity index is 1.67. The van der Waals surface area contributed by atoms with E-state index >= 15 is 0 Å². The van der Waals surface area contributed by atoms with Gasteiger partial charge < -0.3 is 0 Å². The molecule has 0 saturated heterocycles. The molecule has 2 aromatic carbocycles. The van der Waals surface area contributed by atoms with E-state index in [4.69, 9.17) is 11.6 Å². The number of rotatable bonds is 6. The van der Waals surface area contributed by atoms with Gasteiger partial charge in [0, 0.05) is 10.7 Å². The topological polar surface area (TPSA) is 71.6 Å². The summed E-state index contributed by atoms with van der Waals surface area (Å²) in [6, 6.07) is 17.5. The average molecular weight is 421 g/mol. The molecule has 144 valence electrons. The van der Waals surface area contributed by atoms with Crippen LogP contribution in [0.25, 0.3) is 10.2 Å². The molecule has 0 fully saturated rings. The molecule has 4 rings (SSSR count). The van der Waals surface area contributed by atoms with Gasteiger partial charge in [-0.2, -0.15) is 10.4 Å². The highest BCUT2D eigenvalue weighted by Gasteiger charge is 2.29. The minimum Gasteiger partial charge on any atom is -0.292 e. The van der Waals surface area contributed by atoms with Gasteiger partial charge in [-0.3, -0.25) is 9.48 Å². The summed E-state index contributed by atoms with van der Waals surface area (Å²) in [5.74, 6) is -1.24. The predicted octanol–water partition coefficient (Wildman–Crippen LogP) is 5.25. The Morgan fingerprint density at radius 3 is 2.79 bits per heavy atom. The maximum absolute atomic E-state index is 13.2. The number of halogens is 1. The first-order valence-electron chi connectivity index (χ1n) is 9.19. The van der Waals surface area contributed by atoms with Crippen LogP contribution in [-0.4, -0.2) is 20.5 Å². The number of hydrogen-bond donors (Lipinski definition) is 0. The van der Waals surface area contributed by atoms with Crippen LogP contribution in [0.3, 0.4) is 0 Å². The molecule has 0 spiro atoms. The van der Waals surface area contributed by atoms with Crippen LogP contribution in [0.2, 0.25) is 5.02 Å². The Bertz CT molecular complexity index is 1220. The molecule has 5 nitrogen and oxygen atoms in total. The molecule has 0 aliphatic heterocycles. The third-order valence-corrected chi connectivity index (χ3v) is 6.06. The number of Topliss-reactive ketones (excluding diaryl/α,β-unsaturated/α-hetero) is 1. The molecule has 0 amide bonds. The molecular formula is C22H17ClN4OS. The normalized spacial score (nSPS) is 12.0. The number of hydrogen-bond acceptors (Lipinski definition) is 5. The summed E-state index contributed by atoms with van der Waals surface area (Å²) in [5.41, 5.74) is 3.10. The minimum atomic E-state index is -0.967. The number of nitriles is 1. The molecule has 4 aromatic rings. The van der Waals surface area contributed by atoms with Crippen LogP contribution in [0.1, 0.15) is 39.5 Å². The van der Waals surface area contributed by atoms with Crippen molar-refractivity contribution in [2.75, 3.05) is 0 Å². The van der Waals surface area contributed by atoms with Crippen molar-refractivity contribution in [3.63, 3.8) is 0 Å². The lowest BCUT2D eigenvalue weighted by molar-refractivity contribution is 0.0978. The summed E-state index contributed by atoms with van der Waals surface area (Å²) in [7, 11) is 0. The van der Waals surface area contributed by atoms with Gasteiger partial charge in [-0.05, 0) is 30.2 Å². The number of carbonyl (C=O) groups is 1. The van der Waals surface area contributed by atoms with Crippen molar-refractivity contribution in [3.05, 3.63) is 81.6 Å². The van der Waals surface area contributed by atoms with Gasteiger partial charge >= 0.3 is 0 Å². The van der Waals surface area contributed by atoms with Gasteiger partial charge in [0.2, 0.25) is 0 Å². The summed E-state index contributed by atoms with van der Waals surface area (Å²) in [4.78, 5) is 17.7. The lowest BCUT2D eigenvalue weighted by Crippen LogP contribution is -2.14. The van der Waals surface area contributed by atoms with Crippen molar-refractivity contribution >= 4 is 38.9 Å². The monoisotopic (exact) mass is 420 g/mol. The number of thiazole rings is 1. The zero-order valence-corrected chi connectivity index (χ0v) is 17.2. The zero-order valence-electron chi connectivity index (χ0n) is 15.7. The molecule has 2 aromatic heterocycles. The Kier molecular flexibility index (Phi) is 5.43. The van der Waals surface area contributed by atoms with Gasteiger partial charge in [-0.25, -0.2) is 4.98 Å². The number of ketones is 1. The molecule has 2 heterocycles. The quantitative estimate of drug-likeness (QED) is 0.399. The number of aromatic nitrogens is 3. The number of nitrogens with zero attached hydrogens (tertiary/aromatic N) is 4. The van der Waals surface area contributed by atoms with Gasteiger partial charge in [0.1, 0.15) is 5.01 Å². The highest BCUT2D eigenvalue weighted by Crippen LogP contribution is 2.31. The molecule has 0 bridgehead atoms. The molecule has 7 heteroatoms. The summed E-state index contributed by atoms with van der Waals surface area (Å²) >= 11 is 7.37. The molecule has 1 atom stereocenters. The van der Waals surface area contributed by atoms with E-state index in [1.807, 2.05) is 48.0 Å². The molecule has 0 aliphatic rings. The van der Waals surface area contributed by atoms with Crippen LogP contribution in [0.5, 0.6) is 0 Å². The lowest BCUT2D eigenvalue weighted by atomic mass is 9.99. The average Bonchev–Trinajstić information content (AvgIpc) is 3.32. The smallest absolute Gasteiger partial charge is 0.190 e. The third kappa shape index (κ3) is 3.80. The lowest BCUT2D eigenvalue weighted by Gasteiger charge is -2.09. The SMILES string of the molecule is CCc1c(C(=O)C(C#N)c2nc3cc(Cl)ccc3s2)cnn1Cc1ccccc1. The Hall–Kier alpha value is -3.01. The first-order valence-corrected chi connectivity index (χ1v) is 10.4. The fraction of sp³-hybridized carbons (Fsp3) is 0.182. The van der Waals surface area contributed by atoms with Crippen LogP contribution >= 0.6 is 22.9 Å². The van der Waals surface area contributed by atoms with E-state index < -0.39 is 5.92 Å². The third-order valence-electron chi connectivity index (χ3n) is 4.73. The van der Waals surface area contributed by atoms with Gasteiger partial charge in [0.15, 0.2) is 11.7 Å². The molecular weight excluding hydrogens is 404 g/mol. The van der Waals surface area contributed by atoms with Gasteiger partial charge in [0.25, 0.3) is 0 Å². The number of fused-ring (bicyclic) bond motifs is 1. The first kappa shape index (κ1) is 19.3. The van der Waals surface area contributed by atoms with Crippen molar-refractivity contribution in [2.45, 2.75) is 25.8 Å². The van der Waals surface area contributed by atoms with Crippen LogP contribution < -0.4 is 0 Å². The summed E-state index contributed by atoms with van der Waals surface area (Å²) in [5, 5.41) is 15.2. The molecule has 29 heavy (non-hydrogen) atoms. The van der Waals surface area contributed by atoms with E-state index in [1.165, 1.54) is 11.3 Å². The van der Waals surface area contributed by atoms with Crippen molar-refractivity contribution in [2.24, 2.45) is 0 Å². The fourth-order valence-corrected chi connectivity index (χ4v) is 4.46. The van der Waals surface area contributed by atoms with E-state index in [0.717, 1.165) is 16.0 Å². The van der Waals surface area contributed by atoms with Crippen LogP contribution in [0.15, 0.2) is 54.7 Å². The van der Waals surface area contributed by atoms with E-state index in [9.17, 15) is 10.1 Å². The summed E-state index contributed by atoms with van der Waals surface area (Å²) < 4.78 is 2.72. The second-order valence-electron chi connectivity index (χ2n) is 6.59. The van der Waals surface area contributed by atoms with Crippen LogP contribution in [0.4, 0.5) is 0 Å². The maximum Gasteiger partial charge on any atom is 0.190 e. The highest BCUT2D eigenvalue weighted by atomic mass is 35.5. The van der Waals surface area contributed by atoms with Crippen molar-refractivity contribution in [1.29, 1.82) is 5.26 Å². The van der Waals surface area contributed by atoms with E-state index in [1.54, 1.807) is 18.3 Å². The first-order chi connectivity index (χ1) is 14.1. The second kappa shape index (κ2) is 8.16. The zero-order chi connectivity index (χ0) is 20.4. The van der Waals surface area contributed by atoms with Crippen molar-refractivity contribution in [1.82, 2.24) is 14.8 Å². The predicted molar refractivity (Wildman–Crippen MR) is 114 cm³/mol. The van der Waals surface area contributed by atoms with Crippen molar-refractivity contribution < 1.29 is 4.79 Å². The summed E-state index contributed by atoms with van der Waals surface area (Å²) in [6.07, 6.45) is 2.21. The van der Waals surface area contributed by atoms with Crippen LogP contribution in [0, 0.1) is 11.3 Å². The van der Waals surface area contributed by atoms with Gasteiger partial charge in [-0.1, -0.05) is 48.9 Å². The van der Waals surface area contributed by atoms with Crippen LogP contribution in [-0.2, 0) is 13.0 Å². The van der Waals surface area contributed by atoms with E-state index in [2.05, 4.69) is 16.2 Å². The standard InChI is InChI=1S/C22H17ClN4OS/c1-2-19-17(12-25-27(19)13-14-6-4-3-5-7-14)21(28)16(11-24)22-26-18-10-15(23)8-9-20(18)29-22/h3-10,12,16H,2,13H2,1H3. The van der Waals surface area contributed by atoms with E-state index in [0.29, 0.717) is 34.1 Å². The molecule has 0 N–H and O–H groups in total. The largest absolute Gasteiger partial charge is 0.292 e. The minimum absolute atomic E-state index is 0.270. The van der Waals surface area contributed by atoms with E-state index in [-0.39, 0.29) is 5.78 Å². The molecule has 0 radical (unpaired) electrons. The Labute approximate surface area is 177 Å². The van der Waals surface area contributed by atoms with Gasteiger partial charge in [-0.15, -0.1) is 11.3 Å². The number of benzene rings is 2. The fourth-order valence-electron chi connectivity index (χ4n) is 3.31. The molecule has 0 saturated carbocycles. The Morgan fingerprint density at radius 1 is 1.28 bits per heavy atom. The van der Waals surface area contributed by atoms with Gasteiger partial charge in [0.05, 0.1) is 34.6 Å². The summed E-state index contributed by atoms with van der Waals surface area (Å²) in [6.45, 7) is 2.56. The Morgan fingerprint density at radius 2 is 2.07 bits per heavy atom. The molecule has 0 aliphatic carbocycles. The second-order valence-corrected chi connectivity index (χ2v) is 8.09. The highest BCUT2D eigenvalue weighted by molar-refractivity contribution is 7.18. The molecule has 1 unspecified atom stereocenters. The van der Waals surface area contributed by atoms with Crippen molar-refractivity contribution in [3.8, 4) is 6.07 Å².